The van der Waals surface area contributed by atoms with Crippen molar-refractivity contribution in [1.82, 2.24) is 10.2 Å². The van der Waals surface area contributed by atoms with E-state index in [0.29, 0.717) is 17.4 Å². The Morgan fingerprint density at radius 2 is 2.09 bits per heavy atom. The molecule has 1 aliphatic carbocycles. The minimum Gasteiger partial charge on any atom is -0.370 e. The van der Waals surface area contributed by atoms with Gasteiger partial charge in [-0.2, -0.15) is 0 Å². The highest BCUT2D eigenvalue weighted by Crippen LogP contribution is 2.46. The van der Waals surface area contributed by atoms with Crippen molar-refractivity contribution in [1.29, 1.82) is 0 Å². The van der Waals surface area contributed by atoms with Crippen molar-refractivity contribution >= 4 is 29.9 Å². The molecule has 1 heterocycles. The van der Waals surface area contributed by atoms with Crippen LogP contribution in [0.2, 0.25) is 0 Å². The normalized spacial score (nSPS) is 24.9. The maximum Gasteiger partial charge on any atom is 0.188 e. The summed E-state index contributed by atoms with van der Waals surface area (Å²) >= 11 is 0. The van der Waals surface area contributed by atoms with Crippen LogP contribution in [-0.4, -0.2) is 43.1 Å². The van der Waals surface area contributed by atoms with E-state index in [2.05, 4.69) is 36.0 Å². The molecule has 1 saturated carbocycles. The number of guanidine groups is 1. The molecule has 2 rings (SSSR count). The first kappa shape index (κ1) is 20.0. The van der Waals surface area contributed by atoms with Crippen LogP contribution in [0.25, 0.3) is 0 Å². The van der Waals surface area contributed by atoms with Gasteiger partial charge in [-0.1, -0.05) is 27.2 Å². The fourth-order valence-electron chi connectivity index (χ4n) is 4.04. The Hall–Kier alpha value is -0.0400. The molecule has 0 aromatic heterocycles. The Morgan fingerprint density at radius 3 is 2.64 bits per heavy atom. The van der Waals surface area contributed by atoms with Crippen LogP contribution in [0.3, 0.4) is 0 Å². The van der Waals surface area contributed by atoms with Gasteiger partial charge in [-0.25, -0.2) is 0 Å². The van der Waals surface area contributed by atoms with E-state index in [1.807, 2.05) is 0 Å². The zero-order valence-corrected chi connectivity index (χ0v) is 16.9. The van der Waals surface area contributed by atoms with Crippen LogP contribution in [0.1, 0.15) is 59.3 Å². The second-order valence-electron chi connectivity index (χ2n) is 7.46. The number of aliphatic imine (C=N–C) groups is 1. The number of likely N-dealkylation sites (tertiary alicyclic amines) is 1. The van der Waals surface area contributed by atoms with E-state index in [4.69, 9.17) is 5.73 Å². The summed E-state index contributed by atoms with van der Waals surface area (Å²) in [4.78, 5) is 7.18. The van der Waals surface area contributed by atoms with Gasteiger partial charge in [0.05, 0.1) is 0 Å². The van der Waals surface area contributed by atoms with Crippen molar-refractivity contribution in [3.05, 3.63) is 0 Å². The molecule has 0 radical (unpaired) electrons. The number of rotatable bonds is 7. The third kappa shape index (κ3) is 5.55. The van der Waals surface area contributed by atoms with E-state index in [-0.39, 0.29) is 24.0 Å². The maximum absolute atomic E-state index is 6.08. The zero-order valence-electron chi connectivity index (χ0n) is 14.6. The Bertz CT molecular complexity index is 353. The second-order valence-corrected chi connectivity index (χ2v) is 7.46. The van der Waals surface area contributed by atoms with Crippen molar-refractivity contribution in [2.45, 2.75) is 65.3 Å². The van der Waals surface area contributed by atoms with E-state index in [1.54, 1.807) is 0 Å². The molecular formula is C17H35IN4. The molecule has 1 aliphatic heterocycles. The van der Waals surface area contributed by atoms with E-state index < -0.39 is 0 Å². The van der Waals surface area contributed by atoms with E-state index in [9.17, 15) is 0 Å². The molecule has 3 N–H and O–H groups in total. The van der Waals surface area contributed by atoms with E-state index in [0.717, 1.165) is 25.6 Å². The summed E-state index contributed by atoms with van der Waals surface area (Å²) in [7, 11) is 0. The fraction of sp³-hybridized carbons (Fsp3) is 0.941. The minimum absolute atomic E-state index is 0. The van der Waals surface area contributed by atoms with Crippen LogP contribution < -0.4 is 11.1 Å². The minimum atomic E-state index is 0. The molecule has 5 heteroatoms. The number of hydrogen-bond acceptors (Lipinski definition) is 2. The highest BCUT2D eigenvalue weighted by atomic mass is 127. The third-order valence-electron chi connectivity index (χ3n) is 5.26. The van der Waals surface area contributed by atoms with Crippen molar-refractivity contribution in [3.63, 3.8) is 0 Å². The molecule has 1 saturated heterocycles. The van der Waals surface area contributed by atoms with Crippen molar-refractivity contribution in [2.75, 3.05) is 26.2 Å². The van der Waals surface area contributed by atoms with E-state index in [1.165, 1.54) is 45.1 Å². The van der Waals surface area contributed by atoms with Crippen LogP contribution in [-0.2, 0) is 0 Å². The molecule has 4 nitrogen and oxygen atoms in total. The largest absolute Gasteiger partial charge is 0.370 e. The summed E-state index contributed by atoms with van der Waals surface area (Å²) in [5, 5.41) is 3.35. The summed E-state index contributed by atoms with van der Waals surface area (Å²) in [6, 6.07) is 0.636. The van der Waals surface area contributed by atoms with Gasteiger partial charge in [0.1, 0.15) is 0 Å². The van der Waals surface area contributed by atoms with Crippen molar-refractivity contribution in [3.8, 4) is 0 Å². The molecule has 22 heavy (non-hydrogen) atoms. The highest BCUT2D eigenvalue weighted by molar-refractivity contribution is 14.0. The highest BCUT2D eigenvalue weighted by Gasteiger charge is 2.37. The average molecular weight is 422 g/mol. The lowest BCUT2D eigenvalue weighted by Gasteiger charge is -2.42. The number of nitrogens with zero attached hydrogens (tertiary/aromatic N) is 2. The predicted molar refractivity (Wildman–Crippen MR) is 106 cm³/mol. The summed E-state index contributed by atoms with van der Waals surface area (Å²) < 4.78 is 0. The summed E-state index contributed by atoms with van der Waals surface area (Å²) in [6.45, 7) is 11.1. The predicted octanol–water partition coefficient (Wildman–Crippen LogP) is 3.21. The van der Waals surface area contributed by atoms with Gasteiger partial charge in [0.15, 0.2) is 5.96 Å². The van der Waals surface area contributed by atoms with Gasteiger partial charge in [0, 0.05) is 19.1 Å². The SMILES string of the molecule is CCN1CCCC1CNC(N)=NCC1(CC(C)C)CCC1.I. The van der Waals surface area contributed by atoms with Crippen LogP contribution in [0, 0.1) is 11.3 Å². The van der Waals surface area contributed by atoms with E-state index >= 15 is 0 Å². The Kier molecular flexibility index (Phi) is 8.46. The molecule has 0 spiro atoms. The van der Waals surface area contributed by atoms with Crippen LogP contribution >= 0.6 is 24.0 Å². The first-order valence-corrected chi connectivity index (χ1v) is 8.82. The molecule has 1 atom stereocenters. The van der Waals surface area contributed by atoms with Gasteiger partial charge in [-0.05, 0) is 56.5 Å². The third-order valence-corrected chi connectivity index (χ3v) is 5.26. The second kappa shape index (κ2) is 9.30. The van der Waals surface area contributed by atoms with Crippen LogP contribution in [0.15, 0.2) is 4.99 Å². The van der Waals surface area contributed by atoms with Gasteiger partial charge in [0.2, 0.25) is 0 Å². The Labute approximate surface area is 153 Å². The van der Waals surface area contributed by atoms with Gasteiger partial charge in [0.25, 0.3) is 0 Å². The molecule has 1 unspecified atom stereocenters. The molecule has 0 aromatic carbocycles. The van der Waals surface area contributed by atoms with Gasteiger partial charge < -0.3 is 11.1 Å². The monoisotopic (exact) mass is 422 g/mol. The summed E-state index contributed by atoms with van der Waals surface area (Å²) in [6.07, 6.45) is 7.90. The number of likely N-dealkylation sites (N-methyl/N-ethyl adjacent to an activating group) is 1. The molecule has 0 amide bonds. The number of halogens is 1. The molecule has 130 valence electrons. The lowest BCUT2D eigenvalue weighted by molar-refractivity contribution is 0.111. The average Bonchev–Trinajstić information content (AvgIpc) is 2.86. The lowest BCUT2D eigenvalue weighted by Crippen LogP contribution is -2.43. The summed E-state index contributed by atoms with van der Waals surface area (Å²) in [5.74, 6) is 1.40. The molecule has 0 bridgehead atoms. The van der Waals surface area contributed by atoms with Crippen LogP contribution in [0.5, 0.6) is 0 Å². The Balaban J connectivity index is 0.00000242. The molecule has 0 aromatic rings. The fourth-order valence-corrected chi connectivity index (χ4v) is 4.04. The topological polar surface area (TPSA) is 53.6 Å². The number of hydrogen-bond donors (Lipinski definition) is 2. The lowest BCUT2D eigenvalue weighted by atomic mass is 9.64. The quantitative estimate of drug-likeness (QED) is 0.376. The van der Waals surface area contributed by atoms with Crippen molar-refractivity contribution in [2.24, 2.45) is 22.1 Å². The first-order chi connectivity index (χ1) is 10.0. The standard InChI is InChI=1S/C17H34N4.HI/c1-4-21-10-5-7-15(21)12-19-16(18)20-13-17(8-6-9-17)11-14(2)3;/h14-15H,4-13H2,1-3H3,(H3,18,19,20);1H. The van der Waals surface area contributed by atoms with Gasteiger partial charge in [-0.3, -0.25) is 9.89 Å². The maximum atomic E-state index is 6.08. The van der Waals surface area contributed by atoms with Gasteiger partial charge >= 0.3 is 0 Å². The molecule has 2 aliphatic rings. The molecule has 2 fully saturated rings. The smallest absolute Gasteiger partial charge is 0.188 e. The van der Waals surface area contributed by atoms with Gasteiger partial charge in [-0.15, -0.1) is 24.0 Å². The first-order valence-electron chi connectivity index (χ1n) is 8.82. The Morgan fingerprint density at radius 1 is 1.36 bits per heavy atom. The number of nitrogens with one attached hydrogen (secondary N) is 1. The van der Waals surface area contributed by atoms with Crippen molar-refractivity contribution < 1.29 is 0 Å². The summed E-state index contributed by atoms with van der Waals surface area (Å²) in [5.41, 5.74) is 6.52. The molecular weight excluding hydrogens is 387 g/mol. The number of nitrogens with two attached hydrogens (primary N) is 1. The van der Waals surface area contributed by atoms with Crippen LogP contribution in [0.4, 0.5) is 0 Å². The zero-order chi connectivity index (χ0) is 15.3.